The van der Waals surface area contributed by atoms with Gasteiger partial charge in [0.25, 0.3) is 5.91 Å². The van der Waals surface area contributed by atoms with Crippen molar-refractivity contribution in [2.45, 2.75) is 13.0 Å². The number of thiazole rings is 1. The highest BCUT2D eigenvalue weighted by molar-refractivity contribution is 7.14. The third-order valence-corrected chi connectivity index (χ3v) is 4.92. The summed E-state index contributed by atoms with van der Waals surface area (Å²) in [5, 5.41) is 0.751. The molecule has 3 aromatic rings. The van der Waals surface area contributed by atoms with Crippen molar-refractivity contribution in [2.24, 2.45) is 0 Å². The molecule has 0 atom stereocenters. The van der Waals surface area contributed by atoms with Crippen molar-refractivity contribution in [3.05, 3.63) is 70.2 Å². The summed E-state index contributed by atoms with van der Waals surface area (Å²) in [6.45, 7) is 0.774. The van der Waals surface area contributed by atoms with E-state index in [0.717, 1.165) is 22.6 Å². The minimum atomic E-state index is -0.461. The zero-order chi connectivity index (χ0) is 17.2. The number of carbonyl (C=O) groups excluding carboxylic acids is 1. The Bertz CT molecular complexity index is 914. The third-order valence-electron chi connectivity index (χ3n) is 3.86. The van der Waals surface area contributed by atoms with Crippen LogP contribution in [0.25, 0.3) is 0 Å². The van der Waals surface area contributed by atoms with Gasteiger partial charge in [-0.1, -0.05) is 18.2 Å². The molecule has 0 saturated carbocycles. The molecule has 1 aromatic carbocycles. The van der Waals surface area contributed by atoms with Gasteiger partial charge in [0.05, 0.1) is 23.8 Å². The number of ether oxygens (including phenoxy) is 1. The lowest BCUT2D eigenvalue weighted by Crippen LogP contribution is -2.37. The van der Waals surface area contributed by atoms with Crippen molar-refractivity contribution in [3.63, 3.8) is 0 Å². The highest BCUT2D eigenvalue weighted by Gasteiger charge is 2.29. The molecular formula is C18H14FN3O2S. The van der Waals surface area contributed by atoms with Gasteiger partial charge in [0.2, 0.25) is 0 Å². The van der Waals surface area contributed by atoms with E-state index in [1.54, 1.807) is 4.90 Å². The molecule has 0 bridgehead atoms. The fourth-order valence-electron chi connectivity index (χ4n) is 2.70. The van der Waals surface area contributed by atoms with E-state index in [4.69, 9.17) is 4.74 Å². The van der Waals surface area contributed by atoms with Crippen LogP contribution in [0.5, 0.6) is 5.75 Å². The van der Waals surface area contributed by atoms with Gasteiger partial charge in [-0.3, -0.25) is 9.78 Å². The van der Waals surface area contributed by atoms with E-state index < -0.39 is 5.82 Å². The summed E-state index contributed by atoms with van der Waals surface area (Å²) >= 11 is 1.32. The fourth-order valence-corrected chi connectivity index (χ4v) is 3.67. The summed E-state index contributed by atoms with van der Waals surface area (Å²) in [5.74, 6) is 0.129. The maximum Gasteiger partial charge on any atom is 0.270 e. The first-order valence-corrected chi connectivity index (χ1v) is 8.61. The number of aromatic nitrogens is 2. The second kappa shape index (κ2) is 6.60. The number of rotatable bonds is 4. The van der Waals surface area contributed by atoms with E-state index in [0.29, 0.717) is 30.1 Å². The zero-order valence-electron chi connectivity index (χ0n) is 13.2. The first kappa shape index (κ1) is 15.7. The number of amides is 1. The van der Waals surface area contributed by atoms with Gasteiger partial charge < -0.3 is 9.64 Å². The highest BCUT2D eigenvalue weighted by atomic mass is 32.1. The Morgan fingerprint density at radius 1 is 1.24 bits per heavy atom. The van der Waals surface area contributed by atoms with Gasteiger partial charge in [-0.15, -0.1) is 11.3 Å². The minimum absolute atomic E-state index is 0.169. The van der Waals surface area contributed by atoms with E-state index in [1.807, 2.05) is 30.3 Å². The molecule has 1 amide bonds. The first-order chi connectivity index (χ1) is 12.2. The molecule has 126 valence electrons. The van der Waals surface area contributed by atoms with Crippen LogP contribution < -0.4 is 9.64 Å². The summed E-state index contributed by atoms with van der Waals surface area (Å²) in [6.07, 6.45) is 3.24. The van der Waals surface area contributed by atoms with Gasteiger partial charge in [-0.05, 0) is 12.1 Å². The van der Waals surface area contributed by atoms with Crippen LogP contribution in [0.2, 0.25) is 0 Å². The van der Waals surface area contributed by atoms with Gasteiger partial charge in [-0.25, -0.2) is 9.37 Å². The number of pyridine rings is 1. The summed E-state index contributed by atoms with van der Waals surface area (Å²) in [7, 11) is 0. The van der Waals surface area contributed by atoms with Gasteiger partial charge in [0.15, 0.2) is 0 Å². The Labute approximate surface area is 147 Å². The Morgan fingerprint density at radius 2 is 2.08 bits per heavy atom. The molecule has 25 heavy (non-hydrogen) atoms. The number of benzene rings is 1. The van der Waals surface area contributed by atoms with Crippen molar-refractivity contribution >= 4 is 22.9 Å². The smallest absolute Gasteiger partial charge is 0.270 e. The molecule has 1 aliphatic heterocycles. The molecule has 0 aliphatic carbocycles. The molecule has 5 nitrogen and oxygen atoms in total. The number of fused-ring (bicyclic) bond motifs is 1. The van der Waals surface area contributed by atoms with E-state index in [9.17, 15) is 9.18 Å². The maximum atomic E-state index is 13.4. The van der Waals surface area contributed by atoms with Gasteiger partial charge in [0, 0.05) is 19.0 Å². The standard InChI is InChI=1S/C18H14FN3O2S/c19-12-8-13(10-20-9-12)22-7-6-15-17(18(22)23)25-16(21-15)11-24-14-4-2-1-3-5-14/h1-5,8-10H,6-7,11H2. The Hall–Kier alpha value is -2.80. The average Bonchev–Trinajstić information content (AvgIpc) is 3.05. The second-order valence-corrected chi connectivity index (χ2v) is 6.64. The van der Waals surface area contributed by atoms with Crippen LogP contribution >= 0.6 is 11.3 Å². The van der Waals surface area contributed by atoms with Crippen molar-refractivity contribution in [1.82, 2.24) is 9.97 Å². The topological polar surface area (TPSA) is 55.3 Å². The summed E-state index contributed by atoms with van der Waals surface area (Å²) < 4.78 is 19.1. The second-order valence-electron chi connectivity index (χ2n) is 5.55. The minimum Gasteiger partial charge on any atom is -0.486 e. The molecular weight excluding hydrogens is 341 g/mol. The lowest BCUT2D eigenvalue weighted by atomic mass is 10.1. The first-order valence-electron chi connectivity index (χ1n) is 7.79. The average molecular weight is 355 g/mol. The molecule has 0 radical (unpaired) electrons. The van der Waals surface area contributed by atoms with Gasteiger partial charge >= 0.3 is 0 Å². The van der Waals surface area contributed by atoms with Crippen LogP contribution in [0.4, 0.5) is 10.1 Å². The maximum absolute atomic E-state index is 13.4. The number of anilines is 1. The lowest BCUT2D eigenvalue weighted by Gasteiger charge is -2.25. The van der Waals surface area contributed by atoms with Crippen LogP contribution in [0.1, 0.15) is 20.4 Å². The normalized spacial score (nSPS) is 13.6. The summed E-state index contributed by atoms with van der Waals surface area (Å²) in [4.78, 5) is 23.2. The number of hydrogen-bond donors (Lipinski definition) is 0. The third kappa shape index (κ3) is 3.23. The molecule has 0 fully saturated rings. The lowest BCUT2D eigenvalue weighted by molar-refractivity contribution is 0.0984. The molecule has 0 saturated heterocycles. The van der Waals surface area contributed by atoms with E-state index >= 15 is 0 Å². The van der Waals surface area contributed by atoms with Crippen LogP contribution in [-0.4, -0.2) is 22.4 Å². The molecule has 4 rings (SSSR count). The number of para-hydroxylation sites is 1. The molecule has 0 N–H and O–H groups in total. The number of nitrogens with zero attached hydrogens (tertiary/aromatic N) is 3. The Morgan fingerprint density at radius 3 is 2.88 bits per heavy atom. The predicted octanol–water partition coefficient (Wildman–Crippen LogP) is 3.46. The summed E-state index contributed by atoms with van der Waals surface area (Å²) in [6, 6.07) is 10.8. The largest absolute Gasteiger partial charge is 0.486 e. The van der Waals surface area contributed by atoms with Crippen molar-refractivity contribution in [3.8, 4) is 5.75 Å². The quantitative estimate of drug-likeness (QED) is 0.719. The SMILES string of the molecule is O=C1c2sc(COc3ccccc3)nc2CCN1c1cncc(F)c1. The zero-order valence-corrected chi connectivity index (χ0v) is 14.0. The molecule has 3 heterocycles. The van der Waals surface area contributed by atoms with Crippen LogP contribution in [0.15, 0.2) is 48.8 Å². The van der Waals surface area contributed by atoms with Crippen molar-refractivity contribution in [1.29, 1.82) is 0 Å². The van der Waals surface area contributed by atoms with Crippen molar-refractivity contribution < 1.29 is 13.9 Å². The number of hydrogen-bond acceptors (Lipinski definition) is 5. The highest BCUT2D eigenvalue weighted by Crippen LogP contribution is 2.29. The van der Waals surface area contributed by atoms with Crippen LogP contribution in [0, 0.1) is 5.82 Å². The predicted molar refractivity (Wildman–Crippen MR) is 92.5 cm³/mol. The van der Waals surface area contributed by atoms with Crippen molar-refractivity contribution in [2.75, 3.05) is 11.4 Å². The number of carbonyl (C=O) groups is 1. The van der Waals surface area contributed by atoms with Gasteiger partial charge in [-0.2, -0.15) is 0 Å². The number of halogens is 1. The van der Waals surface area contributed by atoms with E-state index in [1.165, 1.54) is 23.6 Å². The van der Waals surface area contributed by atoms with E-state index in [2.05, 4.69) is 9.97 Å². The summed E-state index contributed by atoms with van der Waals surface area (Å²) in [5.41, 5.74) is 1.24. The van der Waals surface area contributed by atoms with Crippen LogP contribution in [-0.2, 0) is 13.0 Å². The Kier molecular flexibility index (Phi) is 4.15. The molecule has 0 unspecified atom stereocenters. The monoisotopic (exact) mass is 355 g/mol. The molecule has 2 aromatic heterocycles. The molecule has 1 aliphatic rings. The molecule has 0 spiro atoms. The van der Waals surface area contributed by atoms with Crippen LogP contribution in [0.3, 0.4) is 0 Å². The van der Waals surface area contributed by atoms with Gasteiger partial charge in [0.1, 0.15) is 28.1 Å². The van der Waals surface area contributed by atoms with E-state index in [-0.39, 0.29) is 5.91 Å². The molecule has 7 heteroatoms. The Balaban J connectivity index is 1.53. The fraction of sp³-hybridized carbons (Fsp3) is 0.167.